The molecular formula is C23H28N5O2+. The van der Waals surface area contributed by atoms with Crippen LogP contribution in [0.5, 0.6) is 0 Å². The number of rotatable bonds is 6. The predicted octanol–water partition coefficient (Wildman–Crippen LogP) is 1.48. The number of benzene rings is 2. The van der Waals surface area contributed by atoms with Crippen molar-refractivity contribution >= 4 is 5.69 Å². The van der Waals surface area contributed by atoms with Crippen molar-refractivity contribution in [1.29, 1.82) is 0 Å². The number of fused-ring (bicyclic) bond motifs is 1. The first kappa shape index (κ1) is 19.2. The van der Waals surface area contributed by atoms with E-state index in [1.165, 1.54) is 11.3 Å². The normalized spacial score (nSPS) is 25.4. The number of nitrogens with zero attached hydrogens (tertiary/aromatic N) is 4. The molecule has 0 bridgehead atoms. The van der Waals surface area contributed by atoms with Crippen LogP contribution in [-0.2, 0) is 16.0 Å². The molecule has 156 valence electrons. The van der Waals surface area contributed by atoms with Crippen LogP contribution in [0.1, 0.15) is 11.6 Å². The van der Waals surface area contributed by atoms with E-state index < -0.39 is 0 Å². The molecule has 0 amide bonds. The van der Waals surface area contributed by atoms with Gasteiger partial charge in [-0.3, -0.25) is 0 Å². The van der Waals surface area contributed by atoms with Crippen LogP contribution in [-0.4, -0.2) is 60.6 Å². The Labute approximate surface area is 176 Å². The first-order valence-electron chi connectivity index (χ1n) is 10.5. The molecule has 3 aromatic rings. The Morgan fingerprint density at radius 3 is 2.53 bits per heavy atom. The van der Waals surface area contributed by atoms with Gasteiger partial charge in [-0.15, -0.1) is 5.10 Å². The van der Waals surface area contributed by atoms with Crippen molar-refractivity contribution in [2.45, 2.75) is 30.8 Å². The van der Waals surface area contributed by atoms with E-state index in [2.05, 4.69) is 58.9 Å². The number of ether oxygens (including phenoxy) is 2. The van der Waals surface area contributed by atoms with E-state index in [0.29, 0.717) is 19.3 Å². The maximum atomic E-state index is 6.16. The lowest BCUT2D eigenvalue weighted by molar-refractivity contribution is -0.707. The molecule has 7 nitrogen and oxygen atoms in total. The van der Waals surface area contributed by atoms with E-state index in [1.54, 1.807) is 0 Å². The minimum absolute atomic E-state index is 0.0210. The molecular weight excluding hydrogens is 378 g/mol. The summed E-state index contributed by atoms with van der Waals surface area (Å²) in [5.41, 5.74) is 4.47. The Bertz CT molecular complexity index is 973. The highest BCUT2D eigenvalue weighted by Crippen LogP contribution is 2.33. The fourth-order valence-corrected chi connectivity index (χ4v) is 4.34. The van der Waals surface area contributed by atoms with Gasteiger partial charge in [0.2, 0.25) is 0 Å². The summed E-state index contributed by atoms with van der Waals surface area (Å²) < 4.78 is 14.2. The highest BCUT2D eigenvalue weighted by atomic mass is 16.6. The monoisotopic (exact) mass is 406 g/mol. The van der Waals surface area contributed by atoms with E-state index in [-0.39, 0.29) is 18.2 Å². The maximum absolute atomic E-state index is 6.16. The van der Waals surface area contributed by atoms with Crippen molar-refractivity contribution in [2.24, 2.45) is 0 Å². The Balaban J connectivity index is 1.21. The average Bonchev–Trinajstić information content (AvgIpc) is 3.50. The third-order valence-corrected chi connectivity index (χ3v) is 6.09. The van der Waals surface area contributed by atoms with Crippen LogP contribution in [0.3, 0.4) is 0 Å². The minimum Gasteiger partial charge on any atom is -0.378 e. The van der Waals surface area contributed by atoms with Crippen molar-refractivity contribution in [3.05, 3.63) is 66.4 Å². The van der Waals surface area contributed by atoms with Gasteiger partial charge >= 0.3 is 0 Å². The van der Waals surface area contributed by atoms with Gasteiger partial charge in [0.05, 0.1) is 12.8 Å². The molecule has 2 N–H and O–H groups in total. The lowest BCUT2D eigenvalue weighted by Crippen LogP contribution is -2.91. The molecule has 2 fully saturated rings. The smallest absolute Gasteiger partial charge is 0.140 e. The zero-order valence-corrected chi connectivity index (χ0v) is 17.4. The molecule has 7 heteroatoms. The first-order valence-corrected chi connectivity index (χ1v) is 10.5. The van der Waals surface area contributed by atoms with Gasteiger partial charge in [0, 0.05) is 30.9 Å². The predicted molar refractivity (Wildman–Crippen MR) is 114 cm³/mol. The molecule has 0 radical (unpaired) electrons. The number of hydrogen-bond donors (Lipinski definition) is 1. The molecule has 5 rings (SSSR count). The Hall–Kier alpha value is -2.74. The van der Waals surface area contributed by atoms with Crippen LogP contribution in [0, 0.1) is 0 Å². The molecule has 1 aromatic heterocycles. The number of hydrogen-bond acceptors (Lipinski definition) is 5. The molecule has 30 heavy (non-hydrogen) atoms. The van der Waals surface area contributed by atoms with Crippen LogP contribution in [0.2, 0.25) is 0 Å². The average molecular weight is 407 g/mol. The Kier molecular flexibility index (Phi) is 5.25. The van der Waals surface area contributed by atoms with Gasteiger partial charge in [-0.1, -0.05) is 47.7 Å². The first-order chi connectivity index (χ1) is 14.7. The van der Waals surface area contributed by atoms with Crippen LogP contribution in [0.15, 0.2) is 60.8 Å². The van der Waals surface area contributed by atoms with E-state index in [1.807, 2.05) is 41.2 Å². The topological polar surface area (TPSA) is 69.0 Å². The number of anilines is 1. The molecule has 2 aromatic carbocycles. The summed E-state index contributed by atoms with van der Waals surface area (Å²) in [7, 11) is 4.12. The summed E-state index contributed by atoms with van der Waals surface area (Å²) in [6, 6.07) is 19.2. The second-order valence-corrected chi connectivity index (χ2v) is 8.28. The molecule has 0 aliphatic carbocycles. The van der Waals surface area contributed by atoms with Crippen molar-refractivity contribution in [1.82, 2.24) is 15.0 Å². The molecule has 0 unspecified atom stereocenters. The Morgan fingerprint density at radius 1 is 1.00 bits per heavy atom. The number of quaternary nitrogens is 1. The minimum atomic E-state index is 0.0210. The summed E-state index contributed by atoms with van der Waals surface area (Å²) in [5, 5.41) is 11.1. The highest BCUT2D eigenvalue weighted by Gasteiger charge is 2.50. The fraction of sp³-hybridized carbons (Fsp3) is 0.391. The van der Waals surface area contributed by atoms with Gasteiger partial charge < -0.3 is 19.7 Å². The zero-order chi connectivity index (χ0) is 20.5. The molecule has 2 saturated heterocycles. The largest absolute Gasteiger partial charge is 0.378 e. The number of aromatic nitrogens is 3. The van der Waals surface area contributed by atoms with Crippen LogP contribution in [0.4, 0.5) is 5.69 Å². The third kappa shape index (κ3) is 3.71. The summed E-state index contributed by atoms with van der Waals surface area (Å²) in [4.78, 5) is 2.11. The van der Waals surface area contributed by atoms with Gasteiger partial charge in [-0.2, -0.15) is 0 Å². The van der Waals surface area contributed by atoms with E-state index in [0.717, 1.165) is 17.8 Å². The fourth-order valence-electron chi connectivity index (χ4n) is 4.34. The molecule has 2 aliphatic heterocycles. The van der Waals surface area contributed by atoms with E-state index in [4.69, 9.17) is 9.47 Å². The second kappa shape index (κ2) is 8.18. The van der Waals surface area contributed by atoms with E-state index in [9.17, 15) is 0 Å². The quantitative estimate of drug-likeness (QED) is 0.672. The van der Waals surface area contributed by atoms with Gasteiger partial charge in [0.1, 0.15) is 43.1 Å². The van der Waals surface area contributed by atoms with Crippen molar-refractivity contribution < 1.29 is 14.8 Å². The molecule has 2 aliphatic rings. The maximum Gasteiger partial charge on any atom is 0.140 e. The lowest BCUT2D eigenvalue weighted by atomic mass is 10.1. The Morgan fingerprint density at radius 2 is 1.77 bits per heavy atom. The van der Waals surface area contributed by atoms with Crippen LogP contribution in [0.25, 0.3) is 11.3 Å². The third-order valence-electron chi connectivity index (χ3n) is 6.09. The summed E-state index contributed by atoms with van der Waals surface area (Å²) in [6.07, 6.45) is 2.10. The molecule has 3 heterocycles. The van der Waals surface area contributed by atoms with Gasteiger partial charge in [-0.05, 0) is 12.1 Å². The molecule has 0 spiro atoms. The zero-order valence-electron chi connectivity index (χ0n) is 17.4. The van der Waals surface area contributed by atoms with Gasteiger partial charge in [-0.25, -0.2) is 4.68 Å². The number of nitrogens with two attached hydrogens (primary N) is 1. The molecule has 0 saturated carbocycles. The van der Waals surface area contributed by atoms with Gasteiger partial charge in [0.25, 0.3) is 0 Å². The van der Waals surface area contributed by atoms with Crippen LogP contribution >= 0.6 is 0 Å². The van der Waals surface area contributed by atoms with Crippen LogP contribution < -0.4 is 10.2 Å². The lowest BCUT2D eigenvalue weighted by Gasteiger charge is -2.16. The molecule has 4 atom stereocenters. The summed E-state index contributed by atoms with van der Waals surface area (Å²) >= 11 is 0. The standard InChI is InChI=1S/C23H27N5O2/c1-27(2)18-10-8-16(9-11-18)12-24-20-14-29-23-21(15-30-22(20)23)28-13-19(25-26-28)17-6-4-3-5-7-17/h3-11,13,20-24H,12,14-15H2,1-2H3/p+1/t20-,21-,22+,23+/m0/s1. The van der Waals surface area contributed by atoms with Gasteiger partial charge in [0.15, 0.2) is 0 Å². The second-order valence-electron chi connectivity index (χ2n) is 8.28. The van der Waals surface area contributed by atoms with Crippen molar-refractivity contribution in [3.63, 3.8) is 0 Å². The van der Waals surface area contributed by atoms with Crippen molar-refractivity contribution in [3.8, 4) is 11.3 Å². The highest BCUT2D eigenvalue weighted by molar-refractivity contribution is 5.57. The SMILES string of the molecule is CN(C)c1ccc(C[NH2+][C@H]2CO[C@H]3[C@@H]2OC[C@@H]3n2cc(-c3ccccc3)nn2)cc1. The van der Waals surface area contributed by atoms with E-state index >= 15 is 0 Å². The summed E-state index contributed by atoms with van der Waals surface area (Å²) in [6.45, 7) is 2.22. The van der Waals surface area contributed by atoms with Crippen molar-refractivity contribution in [2.75, 3.05) is 32.2 Å². The summed E-state index contributed by atoms with van der Waals surface area (Å²) in [5.74, 6) is 0.